The molecule has 0 radical (unpaired) electrons. The molecule has 0 saturated heterocycles. The van der Waals surface area contributed by atoms with Gasteiger partial charge < -0.3 is 9.73 Å². The van der Waals surface area contributed by atoms with E-state index in [9.17, 15) is 22.4 Å². The summed E-state index contributed by atoms with van der Waals surface area (Å²) < 4.78 is 59.6. The maximum atomic E-state index is 13.1. The van der Waals surface area contributed by atoms with Crippen LogP contribution in [0.5, 0.6) is 0 Å². The van der Waals surface area contributed by atoms with Gasteiger partial charge in [0.1, 0.15) is 17.1 Å². The Bertz CT molecular complexity index is 1250. The van der Waals surface area contributed by atoms with Crippen LogP contribution in [-0.2, 0) is 13.1 Å². The molecule has 0 saturated carbocycles. The van der Waals surface area contributed by atoms with E-state index in [0.29, 0.717) is 17.6 Å². The fourth-order valence-corrected chi connectivity index (χ4v) is 3.19. The van der Waals surface area contributed by atoms with Gasteiger partial charge in [-0.25, -0.2) is 17.6 Å². The van der Waals surface area contributed by atoms with Crippen LogP contribution in [0, 0.1) is 0 Å². The van der Waals surface area contributed by atoms with Crippen LogP contribution in [0.15, 0.2) is 59.1 Å². The number of nitrogens with zero attached hydrogens (tertiary/aromatic N) is 4. The average Bonchev–Trinajstić information content (AvgIpc) is 3.50. The van der Waals surface area contributed by atoms with Crippen molar-refractivity contribution in [2.75, 3.05) is 5.32 Å². The zero-order chi connectivity index (χ0) is 23.5. The molecular formula is C21H16ClF4N5O2. The zero-order valence-corrected chi connectivity index (χ0v) is 17.5. The van der Waals surface area contributed by atoms with E-state index in [4.69, 9.17) is 16.0 Å². The molecule has 33 heavy (non-hydrogen) atoms. The van der Waals surface area contributed by atoms with Crippen LogP contribution in [0.3, 0.4) is 0 Å². The van der Waals surface area contributed by atoms with Gasteiger partial charge in [0.15, 0.2) is 11.6 Å². The molecule has 0 unspecified atom stereocenters. The highest BCUT2D eigenvalue weighted by atomic mass is 35.5. The highest BCUT2D eigenvalue weighted by molar-refractivity contribution is 6.30. The average molecular weight is 482 g/mol. The summed E-state index contributed by atoms with van der Waals surface area (Å²) in [6.07, 6.45) is -4.30. The Labute approximate surface area is 189 Å². The quantitative estimate of drug-likeness (QED) is 0.335. The second-order valence-corrected chi connectivity index (χ2v) is 7.43. The SMILES string of the molecule is O=C(Nc1ccn(Cc2ccc(Cl)cc2)n1)c1ccc(Cn2nc(C(F)F)cc2C(F)F)o1. The van der Waals surface area contributed by atoms with Crippen molar-refractivity contribution < 1.29 is 26.8 Å². The molecule has 0 atom stereocenters. The third kappa shape index (κ3) is 5.43. The molecule has 0 aliphatic heterocycles. The number of hydrogen-bond donors (Lipinski definition) is 1. The molecule has 0 spiro atoms. The van der Waals surface area contributed by atoms with E-state index in [1.54, 1.807) is 29.1 Å². The first-order valence-electron chi connectivity index (χ1n) is 9.60. The van der Waals surface area contributed by atoms with E-state index < -0.39 is 30.1 Å². The number of amides is 1. The van der Waals surface area contributed by atoms with Crippen molar-refractivity contribution in [2.24, 2.45) is 0 Å². The molecule has 0 aliphatic carbocycles. The Balaban J connectivity index is 1.41. The third-order valence-electron chi connectivity index (χ3n) is 4.61. The highest BCUT2D eigenvalue weighted by Gasteiger charge is 2.22. The maximum absolute atomic E-state index is 13.1. The van der Waals surface area contributed by atoms with Gasteiger partial charge in [-0.3, -0.25) is 14.2 Å². The first-order valence-corrected chi connectivity index (χ1v) is 9.98. The number of alkyl halides is 4. The monoisotopic (exact) mass is 481 g/mol. The minimum atomic E-state index is -2.99. The number of carbonyl (C=O) groups is 1. The first kappa shape index (κ1) is 22.6. The molecule has 1 amide bonds. The first-order chi connectivity index (χ1) is 15.8. The highest BCUT2D eigenvalue weighted by Crippen LogP contribution is 2.26. The Kier molecular flexibility index (Phi) is 6.50. The maximum Gasteiger partial charge on any atom is 0.292 e. The van der Waals surface area contributed by atoms with Crippen LogP contribution in [-0.4, -0.2) is 25.5 Å². The molecule has 4 aromatic rings. The minimum Gasteiger partial charge on any atom is -0.454 e. The molecule has 3 heterocycles. The lowest BCUT2D eigenvalue weighted by Crippen LogP contribution is -2.12. The number of aromatic nitrogens is 4. The molecule has 7 nitrogen and oxygen atoms in total. The number of carbonyl (C=O) groups excluding carboxylic acids is 1. The molecular weight excluding hydrogens is 466 g/mol. The van der Waals surface area contributed by atoms with Gasteiger partial charge in [0, 0.05) is 17.3 Å². The number of anilines is 1. The Morgan fingerprint density at radius 3 is 2.45 bits per heavy atom. The van der Waals surface area contributed by atoms with Gasteiger partial charge in [0.05, 0.1) is 13.1 Å². The van der Waals surface area contributed by atoms with E-state index in [0.717, 1.165) is 10.2 Å². The van der Waals surface area contributed by atoms with Gasteiger partial charge in [0.25, 0.3) is 18.8 Å². The summed E-state index contributed by atoms with van der Waals surface area (Å²) in [7, 11) is 0. The van der Waals surface area contributed by atoms with Crippen molar-refractivity contribution in [1.29, 1.82) is 0 Å². The normalized spacial score (nSPS) is 11.5. The smallest absolute Gasteiger partial charge is 0.292 e. The fraction of sp³-hybridized carbons (Fsp3) is 0.190. The van der Waals surface area contributed by atoms with E-state index >= 15 is 0 Å². The fourth-order valence-electron chi connectivity index (χ4n) is 3.06. The minimum absolute atomic E-state index is 0.0965. The van der Waals surface area contributed by atoms with E-state index in [1.165, 1.54) is 12.1 Å². The Morgan fingerprint density at radius 1 is 1.00 bits per heavy atom. The van der Waals surface area contributed by atoms with Gasteiger partial charge in [-0.15, -0.1) is 0 Å². The number of benzene rings is 1. The number of rotatable bonds is 8. The summed E-state index contributed by atoms with van der Waals surface area (Å²) >= 11 is 5.87. The molecule has 0 bridgehead atoms. The molecule has 172 valence electrons. The predicted molar refractivity (Wildman–Crippen MR) is 111 cm³/mol. The lowest BCUT2D eigenvalue weighted by atomic mass is 10.2. The summed E-state index contributed by atoms with van der Waals surface area (Å²) in [5.41, 5.74) is -0.462. The summed E-state index contributed by atoms with van der Waals surface area (Å²) in [6, 6.07) is 12.2. The van der Waals surface area contributed by atoms with Crippen molar-refractivity contribution in [3.8, 4) is 0 Å². The van der Waals surface area contributed by atoms with Crippen LogP contribution in [0.2, 0.25) is 5.02 Å². The largest absolute Gasteiger partial charge is 0.454 e. The van der Waals surface area contributed by atoms with Crippen molar-refractivity contribution in [3.63, 3.8) is 0 Å². The molecule has 0 aliphatic rings. The van der Waals surface area contributed by atoms with Gasteiger partial charge in [-0.1, -0.05) is 23.7 Å². The summed E-state index contributed by atoms with van der Waals surface area (Å²) in [6.45, 7) is 0.129. The molecule has 1 aromatic carbocycles. The van der Waals surface area contributed by atoms with Crippen LogP contribution in [0.4, 0.5) is 23.4 Å². The number of hydrogen-bond acceptors (Lipinski definition) is 4. The predicted octanol–water partition coefficient (Wildman–Crippen LogP) is 5.55. The lowest BCUT2D eigenvalue weighted by Gasteiger charge is -2.04. The Morgan fingerprint density at radius 2 is 1.76 bits per heavy atom. The van der Waals surface area contributed by atoms with E-state index in [2.05, 4.69) is 15.5 Å². The lowest BCUT2D eigenvalue weighted by molar-refractivity contribution is 0.0993. The van der Waals surface area contributed by atoms with Crippen molar-refractivity contribution in [2.45, 2.75) is 25.9 Å². The van der Waals surface area contributed by atoms with Crippen LogP contribution < -0.4 is 5.32 Å². The van der Waals surface area contributed by atoms with Crippen molar-refractivity contribution in [1.82, 2.24) is 19.6 Å². The molecule has 3 aromatic heterocycles. The summed E-state index contributed by atoms with van der Waals surface area (Å²) in [5.74, 6) is -0.335. The standard InChI is InChI=1S/C21H16ClF4N5O2/c22-13-3-1-12(2-4-13)10-30-8-7-18(29-30)27-21(32)17-6-5-14(33-17)11-31-16(20(25)26)9-15(28-31)19(23)24/h1-9,19-20H,10-11H2,(H,27,29,32). The number of nitrogens with one attached hydrogen (secondary N) is 1. The topological polar surface area (TPSA) is 77.9 Å². The summed E-state index contributed by atoms with van der Waals surface area (Å²) in [5, 5.41) is 11.0. The van der Waals surface area contributed by atoms with Crippen molar-refractivity contribution >= 4 is 23.3 Å². The van der Waals surface area contributed by atoms with Crippen LogP contribution in [0.25, 0.3) is 0 Å². The number of furan rings is 1. The van der Waals surface area contributed by atoms with Crippen LogP contribution in [0.1, 0.15) is 46.1 Å². The third-order valence-corrected chi connectivity index (χ3v) is 4.86. The molecule has 12 heteroatoms. The van der Waals surface area contributed by atoms with Crippen LogP contribution >= 0.6 is 11.6 Å². The summed E-state index contributed by atoms with van der Waals surface area (Å²) in [4.78, 5) is 12.4. The second kappa shape index (κ2) is 9.49. The molecule has 1 N–H and O–H groups in total. The molecule has 0 fully saturated rings. The zero-order valence-electron chi connectivity index (χ0n) is 16.8. The van der Waals surface area contributed by atoms with Gasteiger partial charge >= 0.3 is 0 Å². The molecule has 4 rings (SSSR count). The van der Waals surface area contributed by atoms with Gasteiger partial charge in [-0.2, -0.15) is 10.2 Å². The Hall–Kier alpha value is -3.60. The second-order valence-electron chi connectivity index (χ2n) is 7.00. The number of halogens is 5. The van der Waals surface area contributed by atoms with Gasteiger partial charge in [-0.05, 0) is 35.9 Å². The van der Waals surface area contributed by atoms with Crippen molar-refractivity contribution in [3.05, 3.63) is 88.2 Å². The van der Waals surface area contributed by atoms with E-state index in [-0.39, 0.29) is 23.9 Å². The van der Waals surface area contributed by atoms with Gasteiger partial charge in [0.2, 0.25) is 0 Å². The van der Waals surface area contributed by atoms with E-state index in [1.807, 2.05) is 12.1 Å².